The van der Waals surface area contributed by atoms with Crippen molar-refractivity contribution in [2.24, 2.45) is 0 Å². The molecule has 0 atom stereocenters. The molecule has 106 valence electrons. The zero-order chi connectivity index (χ0) is 14.5. The highest BCUT2D eigenvalue weighted by Gasteiger charge is 2.14. The van der Waals surface area contributed by atoms with Gasteiger partial charge in [-0.05, 0) is 24.1 Å². The molecule has 0 bridgehead atoms. The Kier molecular flexibility index (Phi) is 4.70. The number of hydrogen-bond acceptors (Lipinski definition) is 6. The summed E-state index contributed by atoms with van der Waals surface area (Å²) in [6.07, 6.45) is 3.44. The van der Waals surface area contributed by atoms with Gasteiger partial charge in [0.2, 0.25) is 0 Å². The first-order chi connectivity index (χ1) is 9.61. The van der Waals surface area contributed by atoms with E-state index < -0.39 is 5.97 Å². The molecule has 0 aromatic carbocycles. The number of aliphatic hydroxyl groups is 1. The first-order valence-electron chi connectivity index (χ1n) is 5.89. The predicted octanol–water partition coefficient (Wildman–Crippen LogP) is 0.699. The summed E-state index contributed by atoms with van der Waals surface area (Å²) < 4.78 is 1.72. The minimum absolute atomic E-state index is 0.0983. The first kappa shape index (κ1) is 14.5. The molecular weight excluding hydrogens is 280 g/mol. The third-order valence-electron chi connectivity index (χ3n) is 2.72. The van der Waals surface area contributed by atoms with Crippen molar-refractivity contribution in [2.75, 3.05) is 5.75 Å². The average Bonchev–Trinajstić information content (AvgIpc) is 2.81. The van der Waals surface area contributed by atoms with Gasteiger partial charge in [-0.1, -0.05) is 11.8 Å². The van der Waals surface area contributed by atoms with E-state index >= 15 is 0 Å². The van der Waals surface area contributed by atoms with E-state index in [1.54, 1.807) is 17.0 Å². The fraction of sp³-hybridized carbons (Fsp3) is 0.333. The van der Waals surface area contributed by atoms with Gasteiger partial charge in [0.15, 0.2) is 11.0 Å². The summed E-state index contributed by atoms with van der Waals surface area (Å²) in [4.78, 5) is 14.7. The summed E-state index contributed by atoms with van der Waals surface area (Å²) in [5, 5.41) is 26.3. The van der Waals surface area contributed by atoms with Gasteiger partial charge in [0.05, 0.1) is 12.3 Å². The number of hydrogen-bond donors (Lipinski definition) is 2. The number of carboxylic acids is 1. The summed E-state index contributed by atoms with van der Waals surface area (Å²) in [5.41, 5.74) is 2.03. The number of aliphatic hydroxyl groups excluding tert-OH is 1. The molecule has 8 heteroatoms. The molecule has 0 saturated heterocycles. The molecule has 2 N–H and O–H groups in total. The molecule has 0 fully saturated rings. The van der Waals surface area contributed by atoms with Gasteiger partial charge in [-0.15, -0.1) is 10.2 Å². The lowest BCUT2D eigenvalue weighted by Gasteiger charge is -2.10. The SMILES string of the molecule is Cc1cnccc1Cn1c(CO)nnc1SCC(=O)O. The van der Waals surface area contributed by atoms with Gasteiger partial charge >= 0.3 is 5.97 Å². The fourth-order valence-electron chi connectivity index (χ4n) is 1.68. The molecule has 0 radical (unpaired) electrons. The molecule has 2 heterocycles. The van der Waals surface area contributed by atoms with Gasteiger partial charge in [0.1, 0.15) is 6.61 Å². The Balaban J connectivity index is 2.27. The molecule has 7 nitrogen and oxygen atoms in total. The second-order valence-corrected chi connectivity index (χ2v) is 5.07. The number of pyridine rings is 1. The molecule has 2 aromatic rings. The van der Waals surface area contributed by atoms with Gasteiger partial charge in [-0.2, -0.15) is 0 Å². The lowest BCUT2D eigenvalue weighted by atomic mass is 10.1. The highest BCUT2D eigenvalue weighted by Crippen LogP contribution is 2.19. The Labute approximate surface area is 119 Å². The molecular formula is C12H14N4O3S. The van der Waals surface area contributed by atoms with E-state index in [1.807, 2.05) is 13.0 Å². The molecule has 0 aliphatic heterocycles. The summed E-state index contributed by atoms with van der Waals surface area (Å²) in [5.74, 6) is -0.608. The summed E-state index contributed by atoms with van der Waals surface area (Å²) in [6.45, 7) is 2.17. The quantitative estimate of drug-likeness (QED) is 0.756. The summed E-state index contributed by atoms with van der Waals surface area (Å²) in [7, 11) is 0. The Morgan fingerprint density at radius 1 is 1.45 bits per heavy atom. The maximum Gasteiger partial charge on any atom is 0.313 e. The summed E-state index contributed by atoms with van der Waals surface area (Å²) >= 11 is 1.08. The van der Waals surface area contributed by atoms with Crippen LogP contribution in [0.2, 0.25) is 0 Å². The molecule has 0 unspecified atom stereocenters. The van der Waals surface area contributed by atoms with Gasteiger partial charge < -0.3 is 10.2 Å². The van der Waals surface area contributed by atoms with Crippen LogP contribution < -0.4 is 0 Å². The van der Waals surface area contributed by atoms with E-state index in [0.717, 1.165) is 22.9 Å². The molecule has 2 rings (SSSR count). The monoisotopic (exact) mass is 294 g/mol. The van der Waals surface area contributed by atoms with Crippen molar-refractivity contribution in [3.8, 4) is 0 Å². The van der Waals surface area contributed by atoms with Crippen molar-refractivity contribution in [3.05, 3.63) is 35.4 Å². The van der Waals surface area contributed by atoms with Crippen LogP contribution in [0, 0.1) is 6.92 Å². The maximum absolute atomic E-state index is 10.6. The largest absolute Gasteiger partial charge is 0.481 e. The average molecular weight is 294 g/mol. The topological polar surface area (TPSA) is 101 Å². The van der Waals surface area contributed by atoms with Crippen molar-refractivity contribution in [3.63, 3.8) is 0 Å². The van der Waals surface area contributed by atoms with E-state index in [1.165, 1.54) is 0 Å². The van der Waals surface area contributed by atoms with E-state index in [2.05, 4.69) is 15.2 Å². The smallest absolute Gasteiger partial charge is 0.313 e. The van der Waals surface area contributed by atoms with Crippen molar-refractivity contribution in [1.29, 1.82) is 0 Å². The van der Waals surface area contributed by atoms with E-state index in [-0.39, 0.29) is 12.4 Å². The molecule has 0 aliphatic carbocycles. The van der Waals surface area contributed by atoms with Gasteiger partial charge in [-0.25, -0.2) is 0 Å². The molecule has 2 aromatic heterocycles. The number of rotatable bonds is 6. The number of aromatic nitrogens is 4. The highest BCUT2D eigenvalue weighted by molar-refractivity contribution is 7.99. The minimum Gasteiger partial charge on any atom is -0.481 e. The van der Waals surface area contributed by atoms with Crippen LogP contribution in [-0.2, 0) is 17.9 Å². The van der Waals surface area contributed by atoms with Crippen molar-refractivity contribution < 1.29 is 15.0 Å². The Bertz CT molecular complexity index is 614. The fourth-order valence-corrected chi connectivity index (χ4v) is 2.35. The van der Waals surface area contributed by atoms with Crippen LogP contribution in [0.25, 0.3) is 0 Å². The molecule has 20 heavy (non-hydrogen) atoms. The number of aliphatic carboxylic acids is 1. The van der Waals surface area contributed by atoms with Crippen LogP contribution in [0.5, 0.6) is 0 Å². The van der Waals surface area contributed by atoms with E-state index in [4.69, 9.17) is 5.11 Å². The third-order valence-corrected chi connectivity index (χ3v) is 3.68. The zero-order valence-corrected chi connectivity index (χ0v) is 11.7. The molecule has 0 aliphatic rings. The first-order valence-corrected chi connectivity index (χ1v) is 6.87. The lowest BCUT2D eigenvalue weighted by Crippen LogP contribution is -2.09. The molecule has 0 saturated carbocycles. The Hall–Kier alpha value is -1.93. The Morgan fingerprint density at radius 3 is 2.90 bits per heavy atom. The van der Waals surface area contributed by atoms with Crippen molar-refractivity contribution in [1.82, 2.24) is 19.7 Å². The summed E-state index contributed by atoms with van der Waals surface area (Å²) in [6, 6.07) is 1.88. The Morgan fingerprint density at radius 2 is 2.25 bits per heavy atom. The maximum atomic E-state index is 10.6. The highest BCUT2D eigenvalue weighted by atomic mass is 32.2. The van der Waals surface area contributed by atoms with E-state index in [9.17, 15) is 9.90 Å². The second-order valence-electron chi connectivity index (χ2n) is 4.13. The standard InChI is InChI=1S/C12H14N4O3S/c1-8-4-13-3-2-9(8)5-16-10(6-17)14-15-12(16)20-7-11(18)19/h2-4,17H,5-7H2,1H3,(H,18,19). The van der Waals surface area contributed by atoms with Crippen LogP contribution in [0.1, 0.15) is 17.0 Å². The van der Waals surface area contributed by atoms with Crippen molar-refractivity contribution >= 4 is 17.7 Å². The van der Waals surface area contributed by atoms with Gasteiger partial charge in [0, 0.05) is 12.4 Å². The normalized spacial score (nSPS) is 10.7. The van der Waals surface area contributed by atoms with Gasteiger partial charge in [0.25, 0.3) is 0 Å². The van der Waals surface area contributed by atoms with Crippen LogP contribution in [-0.4, -0.2) is 41.7 Å². The van der Waals surface area contributed by atoms with Crippen LogP contribution in [0.3, 0.4) is 0 Å². The zero-order valence-electron chi connectivity index (χ0n) is 10.9. The van der Waals surface area contributed by atoms with Crippen LogP contribution >= 0.6 is 11.8 Å². The minimum atomic E-state index is -0.921. The predicted molar refractivity (Wildman–Crippen MR) is 72.4 cm³/mol. The van der Waals surface area contributed by atoms with Crippen LogP contribution in [0.15, 0.2) is 23.6 Å². The number of thioether (sulfide) groups is 1. The molecule has 0 spiro atoms. The number of carbonyl (C=O) groups is 1. The second kappa shape index (κ2) is 6.49. The lowest BCUT2D eigenvalue weighted by molar-refractivity contribution is -0.133. The number of carboxylic acid groups (broad SMARTS) is 1. The number of aryl methyl sites for hydroxylation is 1. The van der Waals surface area contributed by atoms with Crippen molar-refractivity contribution in [2.45, 2.75) is 25.2 Å². The number of nitrogens with zero attached hydrogens (tertiary/aromatic N) is 4. The third kappa shape index (κ3) is 3.34. The van der Waals surface area contributed by atoms with E-state index in [0.29, 0.717) is 17.5 Å². The van der Waals surface area contributed by atoms with Gasteiger partial charge in [-0.3, -0.25) is 14.3 Å². The van der Waals surface area contributed by atoms with Crippen LogP contribution in [0.4, 0.5) is 0 Å². The molecule has 0 amide bonds.